The fraction of sp³-hybridized carbons (Fsp3) is 0.250. The third-order valence-electron chi connectivity index (χ3n) is 2.29. The second-order valence-corrected chi connectivity index (χ2v) is 4.98. The summed E-state index contributed by atoms with van der Waals surface area (Å²) in [4.78, 5) is 20.4. The second kappa shape index (κ2) is 6.49. The van der Waals surface area contributed by atoms with Gasteiger partial charge in [-0.15, -0.1) is 11.3 Å². The molecule has 2 rings (SSSR count). The van der Waals surface area contributed by atoms with Gasteiger partial charge >= 0.3 is 0 Å². The summed E-state index contributed by atoms with van der Waals surface area (Å²) < 4.78 is 5.36. The zero-order valence-corrected chi connectivity index (χ0v) is 11.8. The molecule has 0 unspecified atom stereocenters. The zero-order valence-electron chi connectivity index (χ0n) is 10.2. The maximum absolute atomic E-state index is 11.8. The Morgan fingerprint density at radius 1 is 1.47 bits per heavy atom. The Morgan fingerprint density at radius 3 is 2.95 bits per heavy atom. The number of nitrogens with zero attached hydrogens (tertiary/aromatic N) is 2. The van der Waals surface area contributed by atoms with E-state index in [1.54, 1.807) is 24.6 Å². The van der Waals surface area contributed by atoms with Crippen LogP contribution in [0, 0.1) is 6.92 Å². The Labute approximate surface area is 119 Å². The van der Waals surface area contributed by atoms with Crippen molar-refractivity contribution in [1.29, 1.82) is 0 Å². The van der Waals surface area contributed by atoms with Gasteiger partial charge in [0.15, 0.2) is 0 Å². The van der Waals surface area contributed by atoms with Crippen molar-refractivity contribution in [1.82, 2.24) is 15.3 Å². The number of thiazole rings is 1. The first-order valence-electron chi connectivity index (χ1n) is 5.59. The Kier molecular flexibility index (Phi) is 4.70. The van der Waals surface area contributed by atoms with Crippen molar-refractivity contribution in [3.63, 3.8) is 0 Å². The molecule has 2 aromatic heterocycles. The van der Waals surface area contributed by atoms with Crippen LogP contribution in [0.4, 0.5) is 0 Å². The van der Waals surface area contributed by atoms with Gasteiger partial charge in [0.1, 0.15) is 11.5 Å². The average Bonchev–Trinajstić information content (AvgIpc) is 2.83. The molecule has 1 amide bonds. The average molecular weight is 298 g/mol. The third kappa shape index (κ3) is 3.90. The third-order valence-corrected chi connectivity index (χ3v) is 3.44. The van der Waals surface area contributed by atoms with Gasteiger partial charge in [0.05, 0.1) is 22.8 Å². The van der Waals surface area contributed by atoms with Crippen LogP contribution in [0.15, 0.2) is 23.8 Å². The quantitative estimate of drug-likeness (QED) is 0.860. The highest BCUT2D eigenvalue weighted by molar-refractivity contribution is 7.11. The molecule has 0 radical (unpaired) electrons. The fourth-order valence-electron chi connectivity index (χ4n) is 1.37. The number of pyridine rings is 1. The van der Waals surface area contributed by atoms with E-state index in [-0.39, 0.29) is 5.91 Å². The molecule has 19 heavy (non-hydrogen) atoms. The first kappa shape index (κ1) is 13.8. The number of hydrogen-bond acceptors (Lipinski definition) is 5. The van der Waals surface area contributed by atoms with Crippen molar-refractivity contribution in [2.75, 3.05) is 13.2 Å². The molecular formula is C12H12ClN3O2S. The molecule has 2 heterocycles. The molecule has 5 nitrogen and oxygen atoms in total. The minimum absolute atomic E-state index is 0.132. The lowest BCUT2D eigenvalue weighted by Crippen LogP contribution is -2.28. The van der Waals surface area contributed by atoms with Gasteiger partial charge in [0.2, 0.25) is 5.88 Å². The summed E-state index contributed by atoms with van der Waals surface area (Å²) in [5, 5.41) is 3.32. The van der Waals surface area contributed by atoms with E-state index in [1.807, 2.05) is 0 Å². The van der Waals surface area contributed by atoms with E-state index in [0.29, 0.717) is 28.9 Å². The van der Waals surface area contributed by atoms with Crippen LogP contribution in [0.3, 0.4) is 0 Å². The maximum atomic E-state index is 11.8. The molecule has 0 bridgehead atoms. The highest BCUT2D eigenvalue weighted by Gasteiger charge is 2.10. The summed E-state index contributed by atoms with van der Waals surface area (Å²) in [5.41, 5.74) is 2.39. The van der Waals surface area contributed by atoms with Crippen LogP contribution >= 0.6 is 22.9 Å². The number of carbonyl (C=O) groups excluding carboxylic acids is 1. The van der Waals surface area contributed by atoms with Crippen LogP contribution in [0.1, 0.15) is 15.4 Å². The van der Waals surface area contributed by atoms with E-state index in [2.05, 4.69) is 15.3 Å². The first-order valence-corrected chi connectivity index (χ1v) is 6.85. The SMILES string of the molecule is Cc1ncsc1C(=O)NCCOc1ccc(Cl)cn1. The normalized spacial score (nSPS) is 10.2. The molecule has 7 heteroatoms. The molecule has 0 aromatic carbocycles. The van der Waals surface area contributed by atoms with Gasteiger partial charge in [0, 0.05) is 12.3 Å². The van der Waals surface area contributed by atoms with E-state index in [9.17, 15) is 4.79 Å². The number of aryl methyl sites for hydroxylation is 1. The van der Waals surface area contributed by atoms with Crippen LogP contribution in [-0.4, -0.2) is 29.0 Å². The number of aromatic nitrogens is 2. The second-order valence-electron chi connectivity index (χ2n) is 3.69. The summed E-state index contributed by atoms with van der Waals surface area (Å²) in [5.74, 6) is 0.347. The number of nitrogens with one attached hydrogen (secondary N) is 1. The standard InChI is InChI=1S/C12H12ClN3O2S/c1-8-11(19-7-16-8)12(17)14-4-5-18-10-3-2-9(13)6-15-10/h2-3,6-7H,4-5H2,1H3,(H,14,17). The largest absolute Gasteiger partial charge is 0.476 e. The van der Waals surface area contributed by atoms with Crippen molar-refractivity contribution in [3.8, 4) is 5.88 Å². The topological polar surface area (TPSA) is 64.1 Å². The van der Waals surface area contributed by atoms with Crippen molar-refractivity contribution in [3.05, 3.63) is 39.4 Å². The van der Waals surface area contributed by atoms with Crippen LogP contribution < -0.4 is 10.1 Å². The van der Waals surface area contributed by atoms with Gasteiger partial charge in [-0.1, -0.05) is 11.6 Å². The molecule has 0 atom stereocenters. The van der Waals surface area contributed by atoms with Gasteiger partial charge < -0.3 is 10.1 Å². The van der Waals surface area contributed by atoms with Crippen LogP contribution in [0.5, 0.6) is 5.88 Å². The minimum Gasteiger partial charge on any atom is -0.476 e. The van der Waals surface area contributed by atoms with Gasteiger partial charge in [-0.2, -0.15) is 0 Å². The maximum Gasteiger partial charge on any atom is 0.263 e. The predicted molar refractivity (Wildman–Crippen MR) is 73.9 cm³/mol. The van der Waals surface area contributed by atoms with E-state index in [0.717, 1.165) is 5.69 Å². The number of amides is 1. The number of ether oxygens (including phenoxy) is 1. The number of rotatable bonds is 5. The van der Waals surface area contributed by atoms with Crippen molar-refractivity contribution >= 4 is 28.8 Å². The number of hydrogen-bond donors (Lipinski definition) is 1. The molecule has 0 aliphatic carbocycles. The molecule has 0 aliphatic heterocycles. The lowest BCUT2D eigenvalue weighted by Gasteiger charge is -2.06. The van der Waals surface area contributed by atoms with Crippen molar-refractivity contribution in [2.45, 2.75) is 6.92 Å². The molecule has 0 fully saturated rings. The molecule has 0 saturated carbocycles. The summed E-state index contributed by atoms with van der Waals surface area (Å²) in [6.45, 7) is 2.55. The minimum atomic E-state index is -0.132. The van der Waals surface area contributed by atoms with Crippen molar-refractivity contribution < 1.29 is 9.53 Å². The Bertz CT molecular complexity index is 556. The molecule has 1 N–H and O–H groups in total. The van der Waals surface area contributed by atoms with Gasteiger partial charge in [-0.3, -0.25) is 4.79 Å². The van der Waals surface area contributed by atoms with E-state index >= 15 is 0 Å². The van der Waals surface area contributed by atoms with Gasteiger partial charge in [-0.25, -0.2) is 9.97 Å². The molecule has 0 aliphatic rings. The van der Waals surface area contributed by atoms with Crippen LogP contribution in [-0.2, 0) is 0 Å². The van der Waals surface area contributed by atoms with Crippen LogP contribution in [0.25, 0.3) is 0 Å². The lowest BCUT2D eigenvalue weighted by molar-refractivity contribution is 0.0950. The predicted octanol–water partition coefficient (Wildman–Crippen LogP) is 2.31. The summed E-state index contributed by atoms with van der Waals surface area (Å²) >= 11 is 7.03. The zero-order chi connectivity index (χ0) is 13.7. The van der Waals surface area contributed by atoms with E-state index in [4.69, 9.17) is 16.3 Å². The molecule has 0 saturated heterocycles. The molecule has 100 valence electrons. The molecular weight excluding hydrogens is 286 g/mol. The summed E-state index contributed by atoms with van der Waals surface area (Å²) in [7, 11) is 0. The highest BCUT2D eigenvalue weighted by atomic mass is 35.5. The fourth-order valence-corrected chi connectivity index (χ4v) is 2.20. The van der Waals surface area contributed by atoms with Crippen molar-refractivity contribution in [2.24, 2.45) is 0 Å². The Hall–Kier alpha value is -1.66. The molecule has 0 spiro atoms. The number of carbonyl (C=O) groups is 1. The highest BCUT2D eigenvalue weighted by Crippen LogP contribution is 2.12. The smallest absolute Gasteiger partial charge is 0.263 e. The summed E-state index contributed by atoms with van der Waals surface area (Å²) in [6.07, 6.45) is 1.51. The van der Waals surface area contributed by atoms with Crippen LogP contribution in [0.2, 0.25) is 5.02 Å². The number of halogens is 1. The lowest BCUT2D eigenvalue weighted by atomic mass is 10.4. The van der Waals surface area contributed by atoms with Gasteiger partial charge in [0.25, 0.3) is 5.91 Å². The van der Waals surface area contributed by atoms with Gasteiger partial charge in [-0.05, 0) is 13.0 Å². The van der Waals surface area contributed by atoms with E-state index in [1.165, 1.54) is 17.5 Å². The Morgan fingerprint density at radius 2 is 2.32 bits per heavy atom. The monoisotopic (exact) mass is 297 g/mol. The van der Waals surface area contributed by atoms with E-state index < -0.39 is 0 Å². The first-order chi connectivity index (χ1) is 9.16. The summed E-state index contributed by atoms with van der Waals surface area (Å²) in [6, 6.07) is 3.38. The Balaban J connectivity index is 1.74. The molecule has 2 aromatic rings.